The lowest BCUT2D eigenvalue weighted by Crippen LogP contribution is -2.36. The van der Waals surface area contributed by atoms with Gasteiger partial charge in [0.25, 0.3) is 5.91 Å². The predicted octanol–water partition coefficient (Wildman–Crippen LogP) is 1.53. The number of carbonyl (C=O) groups is 3. The molecule has 2 rings (SSSR count). The van der Waals surface area contributed by atoms with Crippen LogP contribution in [0.4, 0.5) is 5.69 Å². The molecule has 1 aromatic rings. The molecule has 142 valence electrons. The predicted molar refractivity (Wildman–Crippen MR) is 100 cm³/mol. The van der Waals surface area contributed by atoms with Gasteiger partial charge in [-0.25, -0.2) is 0 Å². The summed E-state index contributed by atoms with van der Waals surface area (Å²) in [4.78, 5) is 35.6. The van der Waals surface area contributed by atoms with Crippen LogP contribution in [0.3, 0.4) is 0 Å². The molecule has 1 aromatic carbocycles. The quantitative estimate of drug-likeness (QED) is 0.560. The van der Waals surface area contributed by atoms with Gasteiger partial charge in [-0.15, -0.1) is 0 Å². The minimum atomic E-state index is -0.480. The Labute approximate surface area is 153 Å². The summed E-state index contributed by atoms with van der Waals surface area (Å²) in [5.41, 5.74) is 11.7. The number of benzene rings is 1. The third-order valence-corrected chi connectivity index (χ3v) is 4.99. The van der Waals surface area contributed by atoms with Crippen LogP contribution in [0, 0.1) is 5.41 Å². The molecule has 6 N–H and O–H groups in total. The fraction of sp³-hybridized carbons (Fsp3) is 0.526. The Morgan fingerprint density at radius 3 is 2.42 bits per heavy atom. The second kappa shape index (κ2) is 9.33. The monoisotopic (exact) mass is 360 g/mol. The number of nitrogens with two attached hydrogens (primary N) is 2. The summed E-state index contributed by atoms with van der Waals surface area (Å²) in [6.07, 6.45) is 5.75. The van der Waals surface area contributed by atoms with Crippen molar-refractivity contribution in [2.45, 2.75) is 44.9 Å². The molecular formula is C19H28N4O3. The number of para-hydroxylation sites is 1. The SMILES string of the molecule is NCC1(CC(=O)Nc2ccccc2C(=O)NCCC(N)=O)CCCCC1. The Balaban J connectivity index is 2.01. The van der Waals surface area contributed by atoms with E-state index >= 15 is 0 Å². The summed E-state index contributed by atoms with van der Waals surface area (Å²) in [6.45, 7) is 0.655. The third kappa shape index (κ3) is 5.56. The average molecular weight is 360 g/mol. The van der Waals surface area contributed by atoms with Crippen LogP contribution < -0.4 is 22.1 Å². The molecule has 0 bridgehead atoms. The number of nitrogens with one attached hydrogen (secondary N) is 2. The second-order valence-electron chi connectivity index (χ2n) is 7.01. The van der Waals surface area contributed by atoms with Gasteiger partial charge in [-0.3, -0.25) is 14.4 Å². The van der Waals surface area contributed by atoms with Crippen LogP contribution in [-0.2, 0) is 9.59 Å². The van der Waals surface area contributed by atoms with E-state index in [-0.39, 0.29) is 30.2 Å². The number of primary amides is 1. The van der Waals surface area contributed by atoms with Crippen molar-refractivity contribution in [3.8, 4) is 0 Å². The van der Waals surface area contributed by atoms with Gasteiger partial charge in [-0.1, -0.05) is 31.4 Å². The maximum absolute atomic E-state index is 12.6. The molecule has 0 aromatic heterocycles. The van der Waals surface area contributed by atoms with Crippen LogP contribution in [0.1, 0.15) is 55.3 Å². The van der Waals surface area contributed by atoms with Gasteiger partial charge in [0, 0.05) is 19.4 Å². The molecule has 1 saturated carbocycles. The van der Waals surface area contributed by atoms with Crippen LogP contribution in [-0.4, -0.2) is 30.8 Å². The molecule has 0 spiro atoms. The zero-order valence-electron chi connectivity index (χ0n) is 15.1. The third-order valence-electron chi connectivity index (χ3n) is 4.99. The molecule has 1 aliphatic carbocycles. The van der Waals surface area contributed by atoms with E-state index in [9.17, 15) is 14.4 Å². The lowest BCUT2D eigenvalue weighted by Gasteiger charge is -2.35. The Hall–Kier alpha value is -2.41. The van der Waals surface area contributed by atoms with Crippen LogP contribution in [0.15, 0.2) is 24.3 Å². The molecule has 0 unspecified atom stereocenters. The van der Waals surface area contributed by atoms with E-state index in [2.05, 4.69) is 10.6 Å². The zero-order valence-corrected chi connectivity index (χ0v) is 15.1. The van der Waals surface area contributed by atoms with Gasteiger partial charge in [0.1, 0.15) is 0 Å². The maximum Gasteiger partial charge on any atom is 0.253 e. The number of amides is 3. The number of rotatable bonds is 8. The van der Waals surface area contributed by atoms with Crippen molar-refractivity contribution in [1.82, 2.24) is 5.32 Å². The van der Waals surface area contributed by atoms with Crippen LogP contribution in [0.25, 0.3) is 0 Å². The minimum absolute atomic E-state index is 0.0687. The highest BCUT2D eigenvalue weighted by Crippen LogP contribution is 2.38. The first-order chi connectivity index (χ1) is 12.5. The molecule has 1 fully saturated rings. The highest BCUT2D eigenvalue weighted by molar-refractivity contribution is 6.03. The van der Waals surface area contributed by atoms with E-state index in [1.54, 1.807) is 24.3 Å². The lowest BCUT2D eigenvalue weighted by molar-refractivity contribution is -0.119. The van der Waals surface area contributed by atoms with Crippen LogP contribution >= 0.6 is 0 Å². The molecule has 0 radical (unpaired) electrons. The molecule has 3 amide bonds. The first-order valence-corrected chi connectivity index (χ1v) is 9.11. The normalized spacial score (nSPS) is 15.9. The van der Waals surface area contributed by atoms with E-state index < -0.39 is 5.91 Å². The molecular weight excluding hydrogens is 332 g/mol. The maximum atomic E-state index is 12.6. The lowest BCUT2D eigenvalue weighted by atomic mass is 9.71. The van der Waals surface area contributed by atoms with Gasteiger partial charge >= 0.3 is 0 Å². The van der Waals surface area contributed by atoms with Gasteiger partial charge in [-0.05, 0) is 36.9 Å². The van der Waals surface area contributed by atoms with Crippen molar-refractivity contribution in [2.24, 2.45) is 16.9 Å². The molecule has 0 heterocycles. The Bertz CT molecular complexity index is 654. The largest absolute Gasteiger partial charge is 0.370 e. The summed E-state index contributed by atoms with van der Waals surface area (Å²) in [5, 5.41) is 5.48. The molecule has 0 aliphatic heterocycles. The van der Waals surface area contributed by atoms with Crippen molar-refractivity contribution in [3.05, 3.63) is 29.8 Å². The highest BCUT2D eigenvalue weighted by atomic mass is 16.2. The van der Waals surface area contributed by atoms with Crippen molar-refractivity contribution in [1.29, 1.82) is 0 Å². The molecule has 0 atom stereocenters. The first-order valence-electron chi connectivity index (χ1n) is 9.11. The number of hydrogen-bond donors (Lipinski definition) is 4. The summed E-state index contributed by atoms with van der Waals surface area (Å²) in [5.74, 6) is -0.963. The number of carbonyl (C=O) groups excluding carboxylic acids is 3. The van der Waals surface area contributed by atoms with Gasteiger partial charge < -0.3 is 22.1 Å². The summed E-state index contributed by atoms with van der Waals surface area (Å²) in [7, 11) is 0. The average Bonchev–Trinajstić information content (AvgIpc) is 2.62. The van der Waals surface area contributed by atoms with E-state index in [0.29, 0.717) is 24.2 Å². The Kier molecular flexibility index (Phi) is 7.15. The van der Waals surface area contributed by atoms with E-state index in [0.717, 1.165) is 25.7 Å². The zero-order chi connectivity index (χ0) is 19.0. The molecule has 26 heavy (non-hydrogen) atoms. The summed E-state index contributed by atoms with van der Waals surface area (Å²) >= 11 is 0. The van der Waals surface area contributed by atoms with E-state index in [4.69, 9.17) is 11.5 Å². The van der Waals surface area contributed by atoms with Gasteiger partial charge in [0.05, 0.1) is 11.3 Å². The smallest absolute Gasteiger partial charge is 0.253 e. The number of hydrogen-bond acceptors (Lipinski definition) is 4. The van der Waals surface area contributed by atoms with E-state index in [1.807, 2.05) is 0 Å². The van der Waals surface area contributed by atoms with Crippen molar-refractivity contribution in [3.63, 3.8) is 0 Å². The van der Waals surface area contributed by atoms with Gasteiger partial charge in [0.2, 0.25) is 11.8 Å². The Morgan fingerprint density at radius 2 is 1.77 bits per heavy atom. The first kappa shape index (κ1) is 19.9. The Morgan fingerprint density at radius 1 is 1.08 bits per heavy atom. The summed E-state index contributed by atoms with van der Waals surface area (Å²) in [6, 6.07) is 6.81. The van der Waals surface area contributed by atoms with Crippen LogP contribution in [0.2, 0.25) is 0 Å². The topological polar surface area (TPSA) is 127 Å². The number of anilines is 1. The van der Waals surface area contributed by atoms with Gasteiger partial charge in [-0.2, -0.15) is 0 Å². The molecule has 7 heteroatoms. The fourth-order valence-electron chi connectivity index (χ4n) is 3.47. The van der Waals surface area contributed by atoms with Crippen molar-refractivity contribution >= 4 is 23.4 Å². The van der Waals surface area contributed by atoms with E-state index in [1.165, 1.54) is 6.42 Å². The molecule has 1 aliphatic rings. The molecule has 7 nitrogen and oxygen atoms in total. The second-order valence-corrected chi connectivity index (χ2v) is 7.01. The van der Waals surface area contributed by atoms with Crippen molar-refractivity contribution in [2.75, 3.05) is 18.4 Å². The standard InChI is InChI=1S/C19H28N4O3/c20-13-19(9-4-1-5-10-19)12-17(25)23-15-7-3-2-6-14(15)18(26)22-11-8-16(21)24/h2-3,6-7H,1,4-5,8-13,20H2,(H2,21,24)(H,22,26)(H,23,25). The molecule has 0 saturated heterocycles. The highest BCUT2D eigenvalue weighted by Gasteiger charge is 2.33. The van der Waals surface area contributed by atoms with Gasteiger partial charge in [0.15, 0.2) is 0 Å². The van der Waals surface area contributed by atoms with Crippen LogP contribution in [0.5, 0.6) is 0 Å². The van der Waals surface area contributed by atoms with Crippen molar-refractivity contribution < 1.29 is 14.4 Å². The fourth-order valence-corrected chi connectivity index (χ4v) is 3.47. The summed E-state index contributed by atoms with van der Waals surface area (Å²) < 4.78 is 0. The minimum Gasteiger partial charge on any atom is -0.370 e.